The molecule has 1 unspecified atom stereocenters. The first kappa shape index (κ1) is 40.7. The second-order valence-electron chi connectivity index (χ2n) is 12.1. The van der Waals surface area contributed by atoms with Crippen molar-refractivity contribution in [2.45, 2.75) is 110 Å². The number of hydrogen-bond donors (Lipinski definition) is 0. The monoisotopic (exact) mass is 716 g/mol. The van der Waals surface area contributed by atoms with E-state index in [-0.39, 0.29) is 35.0 Å². The van der Waals surface area contributed by atoms with Crippen LogP contribution in [-0.2, 0) is 9.53 Å². The van der Waals surface area contributed by atoms with Gasteiger partial charge in [-0.15, -0.1) is 0 Å². The Labute approximate surface area is 295 Å². The molecule has 0 saturated heterocycles. The topological polar surface area (TPSA) is 105 Å². The maximum Gasteiger partial charge on any atom is 0.425 e. The third-order valence-corrected chi connectivity index (χ3v) is 7.91. The number of alkyl halides is 3. The molecule has 0 aliphatic heterocycles. The van der Waals surface area contributed by atoms with Crippen LogP contribution in [0.3, 0.4) is 0 Å². The first-order valence-electron chi connectivity index (χ1n) is 17.3. The van der Waals surface area contributed by atoms with Crippen molar-refractivity contribution < 1.29 is 55.7 Å². The van der Waals surface area contributed by atoms with Crippen LogP contribution < -0.4 is 14.2 Å². The first-order valence-corrected chi connectivity index (χ1v) is 17.3. The van der Waals surface area contributed by atoms with Crippen LogP contribution in [0.4, 0.5) is 17.6 Å². The Morgan fingerprint density at radius 3 is 1.59 bits per heavy atom. The van der Waals surface area contributed by atoms with Crippen LogP contribution in [-0.4, -0.2) is 36.2 Å². The Morgan fingerprint density at radius 1 is 0.588 bits per heavy atom. The molecule has 51 heavy (non-hydrogen) atoms. The molecular formula is C39H44F4O8. The lowest BCUT2D eigenvalue weighted by atomic mass is 10.1. The van der Waals surface area contributed by atoms with Gasteiger partial charge in [-0.25, -0.2) is 18.8 Å². The van der Waals surface area contributed by atoms with E-state index in [2.05, 4.69) is 11.7 Å². The molecule has 0 radical (unpaired) electrons. The summed E-state index contributed by atoms with van der Waals surface area (Å²) in [5.41, 5.74) is -0.531. The van der Waals surface area contributed by atoms with Crippen molar-refractivity contribution in [1.82, 2.24) is 0 Å². The van der Waals surface area contributed by atoms with Gasteiger partial charge >= 0.3 is 30.1 Å². The van der Waals surface area contributed by atoms with E-state index in [9.17, 15) is 36.7 Å². The average molecular weight is 717 g/mol. The molecule has 1 atom stereocenters. The molecule has 0 spiro atoms. The van der Waals surface area contributed by atoms with Crippen molar-refractivity contribution in [2.75, 3.05) is 0 Å². The molecule has 0 saturated carbocycles. The summed E-state index contributed by atoms with van der Waals surface area (Å²) >= 11 is 0. The fourth-order valence-corrected chi connectivity index (χ4v) is 5.02. The molecule has 0 amide bonds. The van der Waals surface area contributed by atoms with Gasteiger partial charge in [0.2, 0.25) is 0 Å². The molecule has 0 aliphatic carbocycles. The van der Waals surface area contributed by atoms with Gasteiger partial charge in [0, 0.05) is 12.5 Å². The summed E-state index contributed by atoms with van der Waals surface area (Å²) in [7, 11) is 0. The van der Waals surface area contributed by atoms with Gasteiger partial charge in [-0.3, -0.25) is 4.79 Å². The predicted molar refractivity (Wildman–Crippen MR) is 181 cm³/mol. The Hall–Kier alpha value is -4.74. The average Bonchev–Trinajstić information content (AvgIpc) is 3.09. The summed E-state index contributed by atoms with van der Waals surface area (Å²) in [5.74, 6) is -4.55. The molecule has 8 nitrogen and oxygen atoms in total. The van der Waals surface area contributed by atoms with Crippen LogP contribution >= 0.6 is 0 Å². The second-order valence-corrected chi connectivity index (χ2v) is 12.1. The largest absolute Gasteiger partial charge is 0.449 e. The number of esters is 4. The van der Waals surface area contributed by atoms with E-state index in [0.29, 0.717) is 24.7 Å². The smallest absolute Gasteiger partial charge is 0.425 e. The van der Waals surface area contributed by atoms with E-state index in [1.165, 1.54) is 74.2 Å². The molecule has 3 aromatic carbocycles. The van der Waals surface area contributed by atoms with Gasteiger partial charge in [0.25, 0.3) is 0 Å². The zero-order chi connectivity index (χ0) is 37.2. The Morgan fingerprint density at radius 2 is 1.06 bits per heavy atom. The van der Waals surface area contributed by atoms with E-state index in [0.717, 1.165) is 44.2 Å². The molecular weight excluding hydrogens is 672 g/mol. The molecule has 3 rings (SSSR count). The van der Waals surface area contributed by atoms with Crippen molar-refractivity contribution in [3.05, 3.63) is 89.2 Å². The van der Waals surface area contributed by atoms with Crippen LogP contribution in [0.15, 0.2) is 66.7 Å². The number of hydrogen-bond acceptors (Lipinski definition) is 8. The number of carbonyl (C=O) groups excluding carboxylic acids is 4. The quantitative estimate of drug-likeness (QED) is 0.0492. The number of rotatable bonds is 20. The lowest BCUT2D eigenvalue weighted by Gasteiger charge is -2.21. The highest BCUT2D eigenvalue weighted by atomic mass is 19.4. The van der Waals surface area contributed by atoms with E-state index >= 15 is 0 Å². The van der Waals surface area contributed by atoms with Gasteiger partial charge in [0.15, 0.2) is 6.10 Å². The molecule has 12 heteroatoms. The standard InChI is InChI=1S/C39H44F4O8/c1-3-5-7-9-10-11-13-15-35(44)48-29-20-16-27(17-21-29)36(45)49-30-22-18-28(19-23-30)37(46)50-31-24-25-32(33(40)26-31)38(47)51-34(39(41,42)43)14-12-8-6-4-2/h16-26,34H,3-15H2,1-2H3. The fraction of sp³-hybridized carbons (Fsp3) is 0.436. The minimum atomic E-state index is -4.81. The summed E-state index contributed by atoms with van der Waals surface area (Å²) in [6, 6.07) is 13.8. The van der Waals surface area contributed by atoms with Crippen LogP contribution in [0.5, 0.6) is 17.2 Å². The van der Waals surface area contributed by atoms with E-state index < -0.39 is 48.0 Å². The zero-order valence-corrected chi connectivity index (χ0v) is 28.9. The lowest BCUT2D eigenvalue weighted by Crippen LogP contribution is -2.34. The number of ether oxygens (including phenoxy) is 4. The van der Waals surface area contributed by atoms with Crippen LogP contribution in [0, 0.1) is 5.82 Å². The third-order valence-electron chi connectivity index (χ3n) is 7.91. The zero-order valence-electron chi connectivity index (χ0n) is 28.9. The van der Waals surface area contributed by atoms with Crippen molar-refractivity contribution in [3.8, 4) is 17.2 Å². The van der Waals surface area contributed by atoms with Crippen molar-refractivity contribution in [3.63, 3.8) is 0 Å². The van der Waals surface area contributed by atoms with E-state index in [1.54, 1.807) is 0 Å². The summed E-state index contributed by atoms with van der Waals surface area (Å²) in [6.07, 6.45) is 2.59. The van der Waals surface area contributed by atoms with Gasteiger partial charge in [0.05, 0.1) is 16.7 Å². The summed E-state index contributed by atoms with van der Waals surface area (Å²) in [5, 5.41) is 0. The van der Waals surface area contributed by atoms with Gasteiger partial charge < -0.3 is 18.9 Å². The van der Waals surface area contributed by atoms with Gasteiger partial charge in [0.1, 0.15) is 23.1 Å². The highest BCUT2D eigenvalue weighted by Gasteiger charge is 2.42. The van der Waals surface area contributed by atoms with Crippen molar-refractivity contribution in [2.24, 2.45) is 0 Å². The number of benzene rings is 3. The molecule has 0 aromatic heterocycles. The Bertz CT molecular complexity index is 1570. The van der Waals surface area contributed by atoms with Crippen molar-refractivity contribution in [1.29, 1.82) is 0 Å². The van der Waals surface area contributed by atoms with Crippen molar-refractivity contribution >= 4 is 23.9 Å². The first-order chi connectivity index (χ1) is 24.4. The maximum atomic E-state index is 14.7. The summed E-state index contributed by atoms with van der Waals surface area (Å²) in [6.45, 7) is 4.07. The van der Waals surface area contributed by atoms with Crippen LogP contribution in [0.25, 0.3) is 0 Å². The SMILES string of the molecule is CCCCCCCCCC(=O)Oc1ccc(C(=O)Oc2ccc(C(=O)Oc3ccc(C(=O)OC(CCCCCC)C(F)(F)F)c(F)c3)cc2)cc1. The normalized spacial score (nSPS) is 11.8. The predicted octanol–water partition coefficient (Wildman–Crippen LogP) is 10.4. The fourth-order valence-electron chi connectivity index (χ4n) is 5.02. The van der Waals surface area contributed by atoms with Crippen LogP contribution in [0.2, 0.25) is 0 Å². The van der Waals surface area contributed by atoms with Gasteiger partial charge in [-0.05, 0) is 79.9 Å². The summed E-state index contributed by atoms with van der Waals surface area (Å²) < 4.78 is 75.3. The minimum Gasteiger partial charge on any atom is -0.449 e. The molecule has 0 heterocycles. The number of unbranched alkanes of at least 4 members (excludes halogenated alkanes) is 9. The lowest BCUT2D eigenvalue weighted by molar-refractivity contribution is -0.206. The third kappa shape index (κ3) is 14.2. The number of halogens is 4. The van der Waals surface area contributed by atoms with E-state index in [4.69, 9.17) is 14.2 Å². The molecule has 276 valence electrons. The van der Waals surface area contributed by atoms with E-state index in [1.807, 2.05) is 6.92 Å². The van der Waals surface area contributed by atoms with Gasteiger partial charge in [-0.2, -0.15) is 13.2 Å². The summed E-state index contributed by atoms with van der Waals surface area (Å²) in [4.78, 5) is 49.7. The number of carbonyl (C=O) groups is 4. The molecule has 0 aliphatic rings. The molecule has 0 bridgehead atoms. The maximum absolute atomic E-state index is 14.7. The molecule has 3 aromatic rings. The minimum absolute atomic E-state index is 0.0115. The highest BCUT2D eigenvalue weighted by molar-refractivity contribution is 5.93. The van der Waals surface area contributed by atoms with Crippen LogP contribution in [0.1, 0.15) is 128 Å². The molecule has 0 fully saturated rings. The van der Waals surface area contributed by atoms with Gasteiger partial charge in [-0.1, -0.05) is 71.6 Å². The molecule has 0 N–H and O–H groups in total. The Balaban J connectivity index is 1.48. The Kier molecular flexibility index (Phi) is 16.6. The highest BCUT2D eigenvalue weighted by Crippen LogP contribution is 2.29. The second kappa shape index (κ2) is 20.8.